The Morgan fingerprint density at radius 3 is 2.53 bits per heavy atom. The SMILES string of the molecule is CC(C(=O)NCC(F)(F)F)N1CCC(N)(C(=O)O)C1. The maximum Gasteiger partial charge on any atom is 0.405 e. The van der Waals surface area contributed by atoms with Crippen molar-refractivity contribution in [2.75, 3.05) is 19.6 Å². The van der Waals surface area contributed by atoms with E-state index in [1.165, 1.54) is 11.8 Å². The first kappa shape index (κ1) is 15.7. The van der Waals surface area contributed by atoms with E-state index in [-0.39, 0.29) is 19.5 Å². The zero-order chi connectivity index (χ0) is 14.8. The monoisotopic (exact) mass is 283 g/mol. The van der Waals surface area contributed by atoms with E-state index in [9.17, 15) is 22.8 Å². The summed E-state index contributed by atoms with van der Waals surface area (Å²) in [5.74, 6) is -1.98. The lowest BCUT2D eigenvalue weighted by atomic mass is 10.0. The molecule has 0 radical (unpaired) electrons. The van der Waals surface area contributed by atoms with E-state index in [1.807, 2.05) is 0 Å². The highest BCUT2D eigenvalue weighted by Crippen LogP contribution is 2.21. The van der Waals surface area contributed by atoms with Crippen LogP contribution in [0.5, 0.6) is 0 Å². The van der Waals surface area contributed by atoms with Crippen LogP contribution in [0.25, 0.3) is 0 Å². The number of hydrogen-bond donors (Lipinski definition) is 3. The summed E-state index contributed by atoms with van der Waals surface area (Å²) in [5, 5.41) is 10.7. The second kappa shape index (κ2) is 5.33. The number of carbonyl (C=O) groups excluding carboxylic acids is 1. The lowest BCUT2D eigenvalue weighted by molar-refractivity contribution is -0.143. The van der Waals surface area contributed by atoms with E-state index in [4.69, 9.17) is 10.8 Å². The molecule has 2 atom stereocenters. The maximum absolute atomic E-state index is 12.0. The number of aliphatic carboxylic acids is 1. The Bertz CT molecular complexity index is 375. The Labute approximate surface area is 107 Å². The molecule has 1 heterocycles. The van der Waals surface area contributed by atoms with Crippen molar-refractivity contribution < 1.29 is 27.9 Å². The standard InChI is InChI=1S/C10H16F3N3O3/c1-6(7(17)15-4-10(11,12)13)16-3-2-9(14,5-16)8(18)19/h6H,2-5,14H2,1H3,(H,15,17)(H,18,19). The summed E-state index contributed by atoms with van der Waals surface area (Å²) in [6, 6.07) is -0.855. The Morgan fingerprint density at radius 1 is 1.53 bits per heavy atom. The highest BCUT2D eigenvalue weighted by Gasteiger charge is 2.43. The molecular formula is C10H16F3N3O3. The topological polar surface area (TPSA) is 95.7 Å². The molecule has 0 aromatic heterocycles. The number of carbonyl (C=O) groups is 2. The van der Waals surface area contributed by atoms with Gasteiger partial charge in [-0.15, -0.1) is 0 Å². The van der Waals surface area contributed by atoms with E-state index < -0.39 is 36.2 Å². The number of nitrogens with zero attached hydrogens (tertiary/aromatic N) is 1. The van der Waals surface area contributed by atoms with Crippen molar-refractivity contribution in [3.8, 4) is 0 Å². The van der Waals surface area contributed by atoms with Crippen LogP contribution in [0, 0.1) is 0 Å². The molecule has 1 saturated heterocycles. The van der Waals surface area contributed by atoms with Gasteiger partial charge in [0.25, 0.3) is 0 Å². The van der Waals surface area contributed by atoms with Gasteiger partial charge in [-0.25, -0.2) is 0 Å². The quantitative estimate of drug-likeness (QED) is 0.649. The smallest absolute Gasteiger partial charge is 0.405 e. The molecule has 9 heteroatoms. The van der Waals surface area contributed by atoms with Crippen LogP contribution in [0.2, 0.25) is 0 Å². The number of halogens is 3. The number of nitrogens with one attached hydrogen (secondary N) is 1. The van der Waals surface area contributed by atoms with Gasteiger partial charge in [-0.05, 0) is 13.3 Å². The molecular weight excluding hydrogens is 267 g/mol. The highest BCUT2D eigenvalue weighted by atomic mass is 19.4. The molecule has 0 aliphatic carbocycles. The molecule has 0 aromatic rings. The van der Waals surface area contributed by atoms with Crippen molar-refractivity contribution in [1.29, 1.82) is 0 Å². The van der Waals surface area contributed by atoms with Gasteiger partial charge in [0.15, 0.2) is 0 Å². The van der Waals surface area contributed by atoms with Crippen LogP contribution >= 0.6 is 0 Å². The first-order valence-corrected chi connectivity index (χ1v) is 5.66. The van der Waals surface area contributed by atoms with E-state index >= 15 is 0 Å². The summed E-state index contributed by atoms with van der Waals surface area (Å²) in [6.07, 6.45) is -4.32. The van der Waals surface area contributed by atoms with Gasteiger partial charge in [-0.2, -0.15) is 13.2 Å². The summed E-state index contributed by atoms with van der Waals surface area (Å²) >= 11 is 0. The van der Waals surface area contributed by atoms with E-state index in [0.29, 0.717) is 0 Å². The maximum atomic E-state index is 12.0. The lowest BCUT2D eigenvalue weighted by Gasteiger charge is -2.25. The number of carboxylic acid groups (broad SMARTS) is 1. The minimum absolute atomic E-state index is 0.0665. The van der Waals surface area contributed by atoms with Crippen LogP contribution in [-0.2, 0) is 9.59 Å². The molecule has 0 bridgehead atoms. The largest absolute Gasteiger partial charge is 0.480 e. The average molecular weight is 283 g/mol. The second-order valence-corrected chi connectivity index (χ2v) is 4.69. The van der Waals surface area contributed by atoms with Gasteiger partial charge in [0.1, 0.15) is 12.1 Å². The van der Waals surface area contributed by atoms with Gasteiger partial charge in [0.05, 0.1) is 6.04 Å². The molecule has 1 rings (SSSR count). The third-order valence-corrected chi connectivity index (χ3v) is 3.15. The molecule has 1 aliphatic rings. The summed E-state index contributed by atoms with van der Waals surface area (Å²) in [4.78, 5) is 23.9. The van der Waals surface area contributed by atoms with Crippen molar-refractivity contribution >= 4 is 11.9 Å². The number of hydrogen-bond acceptors (Lipinski definition) is 4. The predicted octanol–water partition coefficient (Wildman–Crippen LogP) is -0.459. The molecule has 0 saturated carbocycles. The van der Waals surface area contributed by atoms with Crippen LogP contribution in [0.4, 0.5) is 13.2 Å². The van der Waals surface area contributed by atoms with Crippen molar-refractivity contribution in [2.45, 2.75) is 31.1 Å². The lowest BCUT2D eigenvalue weighted by Crippen LogP contribution is -2.53. The summed E-state index contributed by atoms with van der Waals surface area (Å²) in [6.45, 7) is 0.197. The molecule has 1 fully saturated rings. The Balaban J connectivity index is 2.53. The first-order chi connectivity index (χ1) is 8.55. The molecule has 2 unspecified atom stereocenters. The van der Waals surface area contributed by atoms with Crippen LogP contribution in [0.1, 0.15) is 13.3 Å². The first-order valence-electron chi connectivity index (χ1n) is 5.66. The van der Waals surface area contributed by atoms with Gasteiger partial charge >= 0.3 is 12.1 Å². The van der Waals surface area contributed by atoms with Crippen molar-refractivity contribution in [1.82, 2.24) is 10.2 Å². The normalized spacial score (nSPS) is 26.2. The molecule has 1 amide bonds. The zero-order valence-electron chi connectivity index (χ0n) is 10.3. The fourth-order valence-corrected chi connectivity index (χ4v) is 1.87. The molecule has 1 aliphatic heterocycles. The van der Waals surface area contributed by atoms with E-state index in [0.717, 1.165) is 0 Å². The van der Waals surface area contributed by atoms with Crippen LogP contribution < -0.4 is 11.1 Å². The number of nitrogens with two attached hydrogens (primary N) is 1. The Morgan fingerprint density at radius 2 is 2.11 bits per heavy atom. The fraction of sp³-hybridized carbons (Fsp3) is 0.800. The number of alkyl halides is 3. The van der Waals surface area contributed by atoms with Gasteiger partial charge in [-0.3, -0.25) is 14.5 Å². The minimum Gasteiger partial charge on any atom is -0.480 e. The van der Waals surface area contributed by atoms with Crippen LogP contribution in [0.3, 0.4) is 0 Å². The van der Waals surface area contributed by atoms with Gasteiger partial charge in [-0.1, -0.05) is 0 Å². The molecule has 4 N–H and O–H groups in total. The molecule has 0 spiro atoms. The van der Waals surface area contributed by atoms with Crippen LogP contribution in [-0.4, -0.2) is 59.3 Å². The van der Waals surface area contributed by atoms with Crippen molar-refractivity contribution in [2.24, 2.45) is 5.73 Å². The highest BCUT2D eigenvalue weighted by molar-refractivity contribution is 5.82. The number of likely N-dealkylation sites (tertiary alicyclic amines) is 1. The van der Waals surface area contributed by atoms with Gasteiger partial charge in [0.2, 0.25) is 5.91 Å². The summed E-state index contributed by atoms with van der Waals surface area (Å²) in [7, 11) is 0. The van der Waals surface area contributed by atoms with Gasteiger partial charge in [0, 0.05) is 13.1 Å². The van der Waals surface area contributed by atoms with Crippen molar-refractivity contribution in [3.63, 3.8) is 0 Å². The van der Waals surface area contributed by atoms with E-state index in [2.05, 4.69) is 0 Å². The van der Waals surface area contributed by atoms with Crippen LogP contribution in [0.15, 0.2) is 0 Å². The zero-order valence-corrected chi connectivity index (χ0v) is 10.3. The van der Waals surface area contributed by atoms with Crippen molar-refractivity contribution in [3.05, 3.63) is 0 Å². The Hall–Kier alpha value is -1.35. The number of carboxylic acids is 1. The predicted molar refractivity (Wildman–Crippen MR) is 59.3 cm³/mol. The average Bonchev–Trinajstić information content (AvgIpc) is 2.68. The van der Waals surface area contributed by atoms with E-state index in [1.54, 1.807) is 5.32 Å². The fourth-order valence-electron chi connectivity index (χ4n) is 1.87. The second-order valence-electron chi connectivity index (χ2n) is 4.69. The molecule has 6 nitrogen and oxygen atoms in total. The molecule has 0 aromatic carbocycles. The summed E-state index contributed by atoms with van der Waals surface area (Å²) in [5.41, 5.74) is 4.17. The Kier molecular flexibility index (Phi) is 4.41. The third kappa shape index (κ3) is 4.06. The molecule has 110 valence electrons. The van der Waals surface area contributed by atoms with Gasteiger partial charge < -0.3 is 16.2 Å². The number of rotatable bonds is 4. The third-order valence-electron chi connectivity index (χ3n) is 3.15. The summed E-state index contributed by atoms with van der Waals surface area (Å²) < 4.78 is 35.9. The minimum atomic E-state index is -4.47. The molecule has 19 heavy (non-hydrogen) atoms. The number of amides is 1.